The van der Waals surface area contributed by atoms with Gasteiger partial charge in [-0.3, -0.25) is 0 Å². The summed E-state index contributed by atoms with van der Waals surface area (Å²) >= 11 is 0. The first-order valence-electron chi connectivity index (χ1n) is 6.91. The Labute approximate surface area is 107 Å². The molecule has 2 aliphatic rings. The van der Waals surface area contributed by atoms with Crippen LogP contribution in [0, 0.1) is 17.7 Å². The second-order valence-electron chi connectivity index (χ2n) is 5.68. The van der Waals surface area contributed by atoms with Crippen LogP contribution in [0.25, 0.3) is 0 Å². The maximum absolute atomic E-state index is 13.1. The number of halogens is 1. The molecular weight excluding hydrogens is 229 g/mol. The van der Waals surface area contributed by atoms with Gasteiger partial charge in [0.15, 0.2) is 0 Å². The molecular formula is C15H20FNO. The molecule has 0 aromatic heterocycles. The number of hydrogen-bond donors (Lipinski definition) is 2. The molecule has 1 saturated heterocycles. The molecule has 4 atom stereocenters. The molecule has 1 aliphatic carbocycles. The van der Waals surface area contributed by atoms with Gasteiger partial charge >= 0.3 is 0 Å². The van der Waals surface area contributed by atoms with E-state index in [4.69, 9.17) is 0 Å². The smallest absolute Gasteiger partial charge is 0.123 e. The van der Waals surface area contributed by atoms with Crippen LogP contribution >= 0.6 is 0 Å². The van der Waals surface area contributed by atoms with Crippen molar-refractivity contribution >= 4 is 0 Å². The van der Waals surface area contributed by atoms with Crippen molar-refractivity contribution in [3.63, 3.8) is 0 Å². The highest BCUT2D eigenvalue weighted by Crippen LogP contribution is 2.40. The fourth-order valence-electron chi connectivity index (χ4n) is 3.65. The van der Waals surface area contributed by atoms with Crippen LogP contribution in [0.5, 0.6) is 0 Å². The topological polar surface area (TPSA) is 32.3 Å². The lowest BCUT2D eigenvalue weighted by molar-refractivity contribution is 0.144. The summed E-state index contributed by atoms with van der Waals surface area (Å²) in [6.45, 7) is 1.09. The number of hydrogen-bond acceptors (Lipinski definition) is 2. The van der Waals surface area contributed by atoms with E-state index in [9.17, 15) is 9.50 Å². The number of fused-ring (bicyclic) bond motifs is 1. The second kappa shape index (κ2) is 4.98. The second-order valence-corrected chi connectivity index (χ2v) is 5.68. The third-order valence-electron chi connectivity index (χ3n) is 4.59. The summed E-state index contributed by atoms with van der Waals surface area (Å²) in [6, 6.07) is 6.71. The molecule has 1 aromatic rings. The van der Waals surface area contributed by atoms with E-state index in [2.05, 4.69) is 5.32 Å². The molecule has 0 amide bonds. The van der Waals surface area contributed by atoms with Crippen LogP contribution in [0.3, 0.4) is 0 Å². The van der Waals surface area contributed by atoms with E-state index in [-0.39, 0.29) is 5.82 Å². The van der Waals surface area contributed by atoms with E-state index in [1.165, 1.54) is 31.4 Å². The first-order chi connectivity index (χ1) is 8.74. The highest BCUT2D eigenvalue weighted by molar-refractivity contribution is 5.19. The standard InChI is InChI=1S/C15H20FNO/c16-12-5-1-3-10(7-12)15(18)8-14-13-6-2-4-11(13)9-17-14/h1,3,5,7,11,13-15,17-18H,2,4,6,8-9H2. The van der Waals surface area contributed by atoms with Crippen molar-refractivity contribution < 1.29 is 9.50 Å². The van der Waals surface area contributed by atoms with Gasteiger partial charge in [-0.05, 0) is 55.3 Å². The number of nitrogens with one attached hydrogen (secondary N) is 1. The lowest BCUT2D eigenvalue weighted by Gasteiger charge is -2.21. The average molecular weight is 249 g/mol. The predicted octanol–water partition coefficient (Wildman–Crippen LogP) is 2.64. The van der Waals surface area contributed by atoms with Crippen LogP contribution in [0.15, 0.2) is 24.3 Å². The SMILES string of the molecule is OC(CC1NCC2CCCC21)c1cccc(F)c1. The monoisotopic (exact) mass is 249 g/mol. The molecule has 1 saturated carbocycles. The van der Waals surface area contributed by atoms with Crippen LogP contribution in [0.1, 0.15) is 37.4 Å². The van der Waals surface area contributed by atoms with Crippen LogP contribution in [-0.4, -0.2) is 17.7 Å². The third kappa shape index (κ3) is 2.29. The van der Waals surface area contributed by atoms with E-state index in [1.54, 1.807) is 12.1 Å². The zero-order valence-electron chi connectivity index (χ0n) is 10.5. The first-order valence-corrected chi connectivity index (χ1v) is 6.91. The number of rotatable bonds is 3. The molecule has 18 heavy (non-hydrogen) atoms. The summed E-state index contributed by atoms with van der Waals surface area (Å²) in [7, 11) is 0. The van der Waals surface area contributed by atoms with Gasteiger partial charge in [0.25, 0.3) is 0 Å². The molecule has 2 N–H and O–H groups in total. The van der Waals surface area contributed by atoms with E-state index in [0.717, 1.165) is 12.5 Å². The molecule has 2 nitrogen and oxygen atoms in total. The van der Waals surface area contributed by atoms with E-state index >= 15 is 0 Å². The van der Waals surface area contributed by atoms with Gasteiger partial charge in [0.2, 0.25) is 0 Å². The first kappa shape index (κ1) is 12.1. The van der Waals surface area contributed by atoms with Gasteiger partial charge in [-0.15, -0.1) is 0 Å². The van der Waals surface area contributed by atoms with Crippen molar-refractivity contribution in [2.24, 2.45) is 11.8 Å². The van der Waals surface area contributed by atoms with Crippen molar-refractivity contribution in [1.82, 2.24) is 5.32 Å². The summed E-state index contributed by atoms with van der Waals surface area (Å²) in [6.07, 6.45) is 4.06. The molecule has 3 rings (SSSR count). The predicted molar refractivity (Wildman–Crippen MR) is 68.6 cm³/mol. The van der Waals surface area contributed by atoms with Crippen LogP contribution in [0.4, 0.5) is 4.39 Å². The average Bonchev–Trinajstić information content (AvgIpc) is 2.94. The summed E-state index contributed by atoms with van der Waals surface area (Å²) in [4.78, 5) is 0. The molecule has 0 radical (unpaired) electrons. The van der Waals surface area contributed by atoms with Crippen molar-refractivity contribution in [2.75, 3.05) is 6.54 Å². The minimum atomic E-state index is -0.558. The molecule has 4 unspecified atom stereocenters. The molecule has 3 heteroatoms. The number of aliphatic hydroxyl groups excluding tert-OH is 1. The quantitative estimate of drug-likeness (QED) is 0.863. The fourth-order valence-corrected chi connectivity index (χ4v) is 3.65. The lowest BCUT2D eigenvalue weighted by Crippen LogP contribution is -2.28. The van der Waals surface area contributed by atoms with Gasteiger partial charge in [0.05, 0.1) is 6.10 Å². The molecule has 1 aromatic carbocycles. The molecule has 2 fully saturated rings. The highest BCUT2D eigenvalue weighted by atomic mass is 19.1. The fraction of sp³-hybridized carbons (Fsp3) is 0.600. The minimum absolute atomic E-state index is 0.273. The third-order valence-corrected chi connectivity index (χ3v) is 4.59. The Bertz CT molecular complexity index is 423. The van der Waals surface area contributed by atoms with Crippen molar-refractivity contribution in [3.8, 4) is 0 Å². The van der Waals surface area contributed by atoms with Crippen LogP contribution in [0.2, 0.25) is 0 Å². The largest absolute Gasteiger partial charge is 0.388 e. The van der Waals surface area contributed by atoms with Gasteiger partial charge in [0.1, 0.15) is 5.82 Å². The van der Waals surface area contributed by atoms with Gasteiger partial charge in [-0.2, -0.15) is 0 Å². The van der Waals surface area contributed by atoms with Crippen molar-refractivity contribution in [3.05, 3.63) is 35.6 Å². The maximum atomic E-state index is 13.1. The summed E-state index contributed by atoms with van der Waals surface area (Å²) in [5.41, 5.74) is 0.693. The lowest BCUT2D eigenvalue weighted by atomic mass is 9.89. The zero-order valence-corrected chi connectivity index (χ0v) is 10.5. The maximum Gasteiger partial charge on any atom is 0.123 e. The Hall–Kier alpha value is -0.930. The van der Waals surface area contributed by atoms with E-state index in [0.29, 0.717) is 23.9 Å². The van der Waals surface area contributed by atoms with Crippen LogP contribution in [-0.2, 0) is 0 Å². The Morgan fingerprint density at radius 2 is 2.28 bits per heavy atom. The summed E-state index contributed by atoms with van der Waals surface area (Å²) < 4.78 is 13.1. The Kier molecular flexibility index (Phi) is 3.35. The summed E-state index contributed by atoms with van der Waals surface area (Å²) in [5.74, 6) is 1.24. The minimum Gasteiger partial charge on any atom is -0.388 e. The molecule has 1 heterocycles. The Morgan fingerprint density at radius 1 is 1.39 bits per heavy atom. The highest BCUT2D eigenvalue weighted by Gasteiger charge is 2.39. The number of aliphatic hydroxyl groups is 1. The molecule has 0 spiro atoms. The molecule has 1 aliphatic heterocycles. The van der Waals surface area contributed by atoms with Crippen molar-refractivity contribution in [2.45, 2.75) is 37.8 Å². The van der Waals surface area contributed by atoms with Gasteiger partial charge in [-0.25, -0.2) is 4.39 Å². The number of benzene rings is 1. The Morgan fingerprint density at radius 3 is 3.11 bits per heavy atom. The summed E-state index contributed by atoms with van der Waals surface area (Å²) in [5, 5.41) is 13.7. The molecule has 0 bridgehead atoms. The molecule has 98 valence electrons. The van der Waals surface area contributed by atoms with Gasteiger partial charge in [-0.1, -0.05) is 18.6 Å². The van der Waals surface area contributed by atoms with Gasteiger partial charge in [0, 0.05) is 6.04 Å². The zero-order chi connectivity index (χ0) is 12.5. The van der Waals surface area contributed by atoms with E-state index in [1.807, 2.05) is 0 Å². The van der Waals surface area contributed by atoms with E-state index < -0.39 is 6.10 Å². The van der Waals surface area contributed by atoms with Crippen molar-refractivity contribution in [1.29, 1.82) is 0 Å². The normalized spacial score (nSPS) is 32.4. The van der Waals surface area contributed by atoms with Gasteiger partial charge < -0.3 is 10.4 Å². The Balaban J connectivity index is 1.66. The van der Waals surface area contributed by atoms with Crippen LogP contribution < -0.4 is 5.32 Å².